The minimum absolute atomic E-state index is 0.259. The van der Waals surface area contributed by atoms with Crippen LogP contribution in [-0.2, 0) is 17.7 Å². The summed E-state index contributed by atoms with van der Waals surface area (Å²) in [6.45, 7) is 4.68. The first-order chi connectivity index (χ1) is 15.5. The number of fused-ring (bicyclic) bond motifs is 3. The third-order valence-electron chi connectivity index (χ3n) is 5.53. The number of nitrogens with zero attached hydrogens (tertiary/aromatic N) is 3. The highest BCUT2D eigenvalue weighted by molar-refractivity contribution is 6.30. The van der Waals surface area contributed by atoms with Gasteiger partial charge in [0.2, 0.25) is 0 Å². The van der Waals surface area contributed by atoms with E-state index in [9.17, 15) is 4.79 Å². The van der Waals surface area contributed by atoms with Crippen LogP contribution in [0, 0.1) is 6.92 Å². The zero-order valence-electron chi connectivity index (χ0n) is 18.4. The number of ether oxygens (including phenoxy) is 3. The van der Waals surface area contributed by atoms with Gasteiger partial charge in [-0.05, 0) is 62.2 Å². The first-order valence-corrected chi connectivity index (χ1v) is 10.7. The number of azo groups is 1. The van der Waals surface area contributed by atoms with Crippen LogP contribution in [0.1, 0.15) is 28.5 Å². The van der Waals surface area contributed by atoms with Gasteiger partial charge >= 0.3 is 5.97 Å². The Morgan fingerprint density at radius 2 is 1.78 bits per heavy atom. The molecular weight excluding hydrogens is 430 g/mol. The van der Waals surface area contributed by atoms with Crippen molar-refractivity contribution in [2.24, 2.45) is 10.2 Å². The monoisotopic (exact) mass is 453 g/mol. The third kappa shape index (κ3) is 3.84. The van der Waals surface area contributed by atoms with Crippen LogP contribution >= 0.6 is 11.6 Å². The molecule has 0 bridgehead atoms. The maximum absolute atomic E-state index is 13.1. The third-order valence-corrected chi connectivity index (χ3v) is 5.78. The second-order valence-corrected chi connectivity index (χ2v) is 7.76. The van der Waals surface area contributed by atoms with E-state index in [4.69, 9.17) is 25.8 Å². The first-order valence-electron chi connectivity index (χ1n) is 10.3. The maximum Gasteiger partial charge on any atom is 0.342 e. The van der Waals surface area contributed by atoms with Crippen molar-refractivity contribution in [3.8, 4) is 22.8 Å². The van der Waals surface area contributed by atoms with E-state index in [1.54, 1.807) is 45.4 Å². The average Bonchev–Trinajstić information content (AvgIpc) is 3.09. The zero-order chi connectivity index (χ0) is 22.8. The van der Waals surface area contributed by atoms with Gasteiger partial charge in [-0.1, -0.05) is 11.6 Å². The van der Waals surface area contributed by atoms with Crippen molar-refractivity contribution in [2.45, 2.75) is 26.8 Å². The number of benzene rings is 2. The number of aromatic nitrogens is 1. The van der Waals surface area contributed by atoms with Crippen LogP contribution in [0.2, 0.25) is 5.02 Å². The molecule has 2 heterocycles. The molecule has 32 heavy (non-hydrogen) atoms. The van der Waals surface area contributed by atoms with E-state index in [1.807, 2.05) is 19.1 Å². The van der Waals surface area contributed by atoms with Crippen molar-refractivity contribution in [3.63, 3.8) is 0 Å². The topological polar surface area (TPSA) is 74.4 Å². The number of halogens is 1. The van der Waals surface area contributed by atoms with Crippen molar-refractivity contribution in [1.29, 1.82) is 0 Å². The predicted molar refractivity (Wildman–Crippen MR) is 123 cm³/mol. The number of esters is 1. The van der Waals surface area contributed by atoms with Gasteiger partial charge in [-0.3, -0.25) is 0 Å². The molecule has 0 unspecified atom stereocenters. The Morgan fingerprint density at radius 1 is 1.09 bits per heavy atom. The van der Waals surface area contributed by atoms with Gasteiger partial charge in [-0.25, -0.2) is 4.79 Å². The fraction of sp³-hybridized carbons (Fsp3) is 0.292. The average molecular weight is 454 g/mol. The standard InChI is InChI=1S/C24H24ClN3O4/c1-5-32-24(29)21-22(27-26-17-8-6-16(25)7-9-17)14(2)28-11-10-15-12-19(30-3)20(31-4)13-18(15)23(21)28/h6-9,12-13H,5,10-11H2,1-4H3. The minimum atomic E-state index is -0.433. The molecule has 0 amide bonds. The molecule has 0 fully saturated rings. The maximum atomic E-state index is 13.1. The van der Waals surface area contributed by atoms with Gasteiger partial charge in [-0.2, -0.15) is 5.11 Å². The lowest BCUT2D eigenvalue weighted by atomic mass is 9.95. The number of aryl methyl sites for hydroxylation is 1. The van der Waals surface area contributed by atoms with E-state index in [2.05, 4.69) is 14.8 Å². The molecule has 166 valence electrons. The molecule has 0 N–H and O–H groups in total. The molecule has 0 spiro atoms. The summed E-state index contributed by atoms with van der Waals surface area (Å²) in [5.41, 5.74) is 5.10. The molecule has 0 aliphatic carbocycles. The normalized spacial score (nSPS) is 12.4. The number of hydrogen-bond donors (Lipinski definition) is 0. The van der Waals surface area contributed by atoms with Gasteiger partial charge in [0.1, 0.15) is 11.3 Å². The van der Waals surface area contributed by atoms with Gasteiger partial charge in [0.05, 0.1) is 32.2 Å². The molecule has 2 aromatic carbocycles. The predicted octanol–water partition coefficient (Wildman–Crippen LogP) is 6.28. The second-order valence-electron chi connectivity index (χ2n) is 7.32. The van der Waals surface area contributed by atoms with Gasteiger partial charge in [0, 0.05) is 22.8 Å². The SMILES string of the molecule is CCOC(=O)c1c(N=Nc2ccc(Cl)cc2)c(C)n2c1-c1cc(OC)c(OC)cc1CC2. The molecule has 7 nitrogen and oxygen atoms in total. The van der Waals surface area contributed by atoms with E-state index >= 15 is 0 Å². The molecule has 0 saturated heterocycles. The Hall–Kier alpha value is -3.32. The fourth-order valence-electron chi connectivity index (χ4n) is 4.00. The van der Waals surface area contributed by atoms with Crippen LogP contribution in [0.3, 0.4) is 0 Å². The Bertz CT molecular complexity index is 1200. The Labute approximate surface area is 191 Å². The lowest BCUT2D eigenvalue weighted by Gasteiger charge is -2.23. The summed E-state index contributed by atoms with van der Waals surface area (Å²) in [6, 6.07) is 10.9. The van der Waals surface area contributed by atoms with Gasteiger partial charge in [0.25, 0.3) is 0 Å². The van der Waals surface area contributed by atoms with Crippen LogP contribution < -0.4 is 9.47 Å². The molecule has 1 aromatic heterocycles. The molecular formula is C24H24ClN3O4. The van der Waals surface area contributed by atoms with E-state index in [0.717, 1.165) is 28.9 Å². The number of carbonyl (C=O) groups is 1. The van der Waals surface area contributed by atoms with E-state index in [0.29, 0.717) is 40.0 Å². The van der Waals surface area contributed by atoms with Crippen LogP contribution in [0.4, 0.5) is 11.4 Å². The smallest absolute Gasteiger partial charge is 0.342 e. The van der Waals surface area contributed by atoms with Crippen LogP contribution in [0.5, 0.6) is 11.5 Å². The van der Waals surface area contributed by atoms with Crippen LogP contribution in [0.25, 0.3) is 11.3 Å². The van der Waals surface area contributed by atoms with Crippen LogP contribution in [0.15, 0.2) is 46.6 Å². The highest BCUT2D eigenvalue weighted by Crippen LogP contribution is 2.45. The van der Waals surface area contributed by atoms with Crippen molar-refractivity contribution in [3.05, 3.63) is 58.2 Å². The summed E-state index contributed by atoms with van der Waals surface area (Å²) in [6.07, 6.45) is 0.786. The number of rotatable bonds is 6. The van der Waals surface area contributed by atoms with Crippen molar-refractivity contribution in [2.75, 3.05) is 20.8 Å². The van der Waals surface area contributed by atoms with Crippen LogP contribution in [-0.4, -0.2) is 31.4 Å². The fourth-order valence-corrected chi connectivity index (χ4v) is 4.12. The number of methoxy groups -OCH3 is 2. The van der Waals surface area contributed by atoms with Gasteiger partial charge < -0.3 is 18.8 Å². The highest BCUT2D eigenvalue weighted by atomic mass is 35.5. The van der Waals surface area contributed by atoms with E-state index < -0.39 is 5.97 Å². The first kappa shape index (κ1) is 21.9. The molecule has 1 aliphatic rings. The Morgan fingerprint density at radius 3 is 2.44 bits per heavy atom. The molecule has 3 aromatic rings. The molecule has 0 radical (unpaired) electrons. The lowest BCUT2D eigenvalue weighted by molar-refractivity contribution is 0.0528. The molecule has 8 heteroatoms. The van der Waals surface area contributed by atoms with Gasteiger partial charge in [-0.15, -0.1) is 5.11 Å². The summed E-state index contributed by atoms with van der Waals surface area (Å²) in [5, 5.41) is 9.43. The molecule has 4 rings (SSSR count). The quantitative estimate of drug-likeness (QED) is 0.325. The summed E-state index contributed by atoms with van der Waals surface area (Å²) in [7, 11) is 3.20. The Kier molecular flexibility index (Phi) is 6.19. The van der Waals surface area contributed by atoms with Crippen molar-refractivity contribution < 1.29 is 19.0 Å². The summed E-state index contributed by atoms with van der Waals surface area (Å²) in [5.74, 6) is 0.818. The van der Waals surface area contributed by atoms with E-state index in [-0.39, 0.29) is 6.61 Å². The van der Waals surface area contributed by atoms with Crippen molar-refractivity contribution in [1.82, 2.24) is 4.57 Å². The summed E-state index contributed by atoms with van der Waals surface area (Å²) in [4.78, 5) is 13.1. The summed E-state index contributed by atoms with van der Waals surface area (Å²) >= 11 is 5.96. The van der Waals surface area contributed by atoms with Gasteiger partial charge in [0.15, 0.2) is 11.5 Å². The molecule has 1 aliphatic heterocycles. The largest absolute Gasteiger partial charge is 0.493 e. The Balaban J connectivity index is 1.91. The zero-order valence-corrected chi connectivity index (χ0v) is 19.2. The second kappa shape index (κ2) is 9.04. The summed E-state index contributed by atoms with van der Waals surface area (Å²) < 4.78 is 18.5. The molecule has 0 atom stereocenters. The number of hydrogen-bond acceptors (Lipinski definition) is 6. The van der Waals surface area contributed by atoms with E-state index in [1.165, 1.54) is 0 Å². The minimum Gasteiger partial charge on any atom is -0.493 e. The lowest BCUT2D eigenvalue weighted by Crippen LogP contribution is -2.15. The number of carbonyl (C=O) groups excluding carboxylic acids is 1. The van der Waals surface area contributed by atoms with Crippen molar-refractivity contribution >= 4 is 28.9 Å². The molecule has 0 saturated carbocycles. The highest BCUT2D eigenvalue weighted by Gasteiger charge is 2.32.